The Kier molecular flexibility index (Phi) is 11.2. The maximum Gasteiger partial charge on any atom is 0.415 e. The molecule has 0 spiro atoms. The van der Waals surface area contributed by atoms with E-state index in [4.69, 9.17) is 4.74 Å². The zero-order valence-electron chi connectivity index (χ0n) is 25.0. The van der Waals surface area contributed by atoms with Gasteiger partial charge in [0.2, 0.25) is 5.91 Å². The standard InChI is InChI=1S/C34H44N4O4S/c35-23-26-12-7-8-16-32(26)42-34(41)37-19-20-38(30(24-37)31(39)18-17-28-15-9-21-43-28)33(40)29(22-25-10-3-1-4-11-25)36-27-13-5-2-6-14-27/h7-9,12,15-16,21,25,27,29-30,36H,1-6,10-11,13-14,17-20,22,24H2/t29-,30+/m1/s1. The molecule has 1 aromatic carbocycles. The zero-order chi connectivity index (χ0) is 30.0. The number of nitriles is 1. The summed E-state index contributed by atoms with van der Waals surface area (Å²) in [6.45, 7) is 0.631. The molecule has 43 heavy (non-hydrogen) atoms. The van der Waals surface area contributed by atoms with Gasteiger partial charge in [0, 0.05) is 30.4 Å². The molecule has 2 aromatic rings. The van der Waals surface area contributed by atoms with Crippen molar-refractivity contribution in [1.82, 2.24) is 15.1 Å². The predicted octanol–water partition coefficient (Wildman–Crippen LogP) is 6.09. The summed E-state index contributed by atoms with van der Waals surface area (Å²) in [5.41, 5.74) is 0.271. The fourth-order valence-electron chi connectivity index (χ4n) is 6.91. The van der Waals surface area contributed by atoms with Gasteiger partial charge in [-0.05, 0) is 55.2 Å². The summed E-state index contributed by atoms with van der Waals surface area (Å²) in [4.78, 5) is 45.8. The molecule has 0 radical (unpaired) electrons. The number of amides is 2. The first kappa shape index (κ1) is 31.2. The van der Waals surface area contributed by atoms with E-state index in [-0.39, 0.29) is 48.7 Å². The van der Waals surface area contributed by atoms with Crippen molar-refractivity contribution in [2.24, 2.45) is 5.92 Å². The molecule has 5 rings (SSSR count). The van der Waals surface area contributed by atoms with Crippen LogP contribution in [0.3, 0.4) is 0 Å². The largest absolute Gasteiger partial charge is 0.415 e. The first-order chi connectivity index (χ1) is 21.0. The highest BCUT2D eigenvalue weighted by atomic mass is 32.1. The third-order valence-corrected chi connectivity index (χ3v) is 10.3. The number of para-hydroxylation sites is 1. The molecule has 2 heterocycles. The molecule has 230 valence electrons. The van der Waals surface area contributed by atoms with Crippen LogP contribution < -0.4 is 10.1 Å². The molecule has 2 atom stereocenters. The number of carbonyl (C=O) groups is 3. The second kappa shape index (κ2) is 15.5. The molecule has 2 amide bonds. The van der Waals surface area contributed by atoms with Crippen LogP contribution in [0.5, 0.6) is 5.75 Å². The molecule has 0 unspecified atom stereocenters. The number of thiophene rings is 1. The van der Waals surface area contributed by atoms with Gasteiger partial charge in [-0.15, -0.1) is 11.3 Å². The molecular formula is C34H44N4O4S. The second-order valence-corrected chi connectivity index (χ2v) is 13.3. The van der Waals surface area contributed by atoms with Gasteiger partial charge in [0.15, 0.2) is 11.5 Å². The number of Topliss-reactive ketones (excluding diaryl/α,β-unsaturated/α-hetero) is 1. The highest BCUT2D eigenvalue weighted by Crippen LogP contribution is 2.30. The van der Waals surface area contributed by atoms with Crippen molar-refractivity contribution < 1.29 is 19.1 Å². The van der Waals surface area contributed by atoms with E-state index in [1.165, 1.54) is 43.4 Å². The lowest BCUT2D eigenvalue weighted by molar-refractivity contribution is -0.145. The Bertz CT molecular complexity index is 1240. The van der Waals surface area contributed by atoms with E-state index < -0.39 is 12.1 Å². The van der Waals surface area contributed by atoms with Crippen molar-refractivity contribution >= 4 is 29.1 Å². The van der Waals surface area contributed by atoms with Gasteiger partial charge in [0.25, 0.3) is 0 Å². The van der Waals surface area contributed by atoms with Gasteiger partial charge in [-0.25, -0.2) is 4.79 Å². The maximum absolute atomic E-state index is 14.4. The normalized spacial score (nSPS) is 20.8. The summed E-state index contributed by atoms with van der Waals surface area (Å²) in [5, 5.41) is 15.2. The van der Waals surface area contributed by atoms with E-state index in [1.807, 2.05) is 17.5 Å². The van der Waals surface area contributed by atoms with Gasteiger partial charge >= 0.3 is 6.09 Å². The number of ketones is 1. The van der Waals surface area contributed by atoms with Gasteiger partial charge in [0.05, 0.1) is 18.2 Å². The van der Waals surface area contributed by atoms with Crippen LogP contribution in [0.2, 0.25) is 0 Å². The second-order valence-electron chi connectivity index (χ2n) is 12.3. The molecule has 1 N–H and O–H groups in total. The van der Waals surface area contributed by atoms with E-state index in [0.29, 0.717) is 24.8 Å². The van der Waals surface area contributed by atoms with Crippen LogP contribution in [-0.2, 0) is 16.0 Å². The lowest BCUT2D eigenvalue weighted by Gasteiger charge is -2.42. The molecule has 3 aliphatic rings. The summed E-state index contributed by atoms with van der Waals surface area (Å²) in [5.74, 6) is 0.667. The smallest absolute Gasteiger partial charge is 0.409 e. The molecule has 1 aliphatic heterocycles. The minimum Gasteiger partial charge on any atom is -0.409 e. The van der Waals surface area contributed by atoms with Crippen LogP contribution in [0.4, 0.5) is 4.79 Å². The Morgan fingerprint density at radius 3 is 2.44 bits per heavy atom. The Balaban J connectivity index is 1.33. The van der Waals surface area contributed by atoms with E-state index in [0.717, 1.165) is 37.0 Å². The van der Waals surface area contributed by atoms with E-state index in [9.17, 15) is 19.6 Å². The fourth-order valence-corrected chi connectivity index (χ4v) is 7.62. The molecule has 3 fully saturated rings. The lowest BCUT2D eigenvalue weighted by atomic mass is 9.83. The van der Waals surface area contributed by atoms with Crippen molar-refractivity contribution in [2.75, 3.05) is 19.6 Å². The first-order valence-corrected chi connectivity index (χ1v) is 17.0. The Morgan fingerprint density at radius 2 is 1.72 bits per heavy atom. The van der Waals surface area contributed by atoms with Gasteiger partial charge in [-0.3, -0.25) is 9.59 Å². The number of ether oxygens (including phenoxy) is 1. The van der Waals surface area contributed by atoms with Crippen molar-refractivity contribution in [2.45, 2.75) is 102 Å². The summed E-state index contributed by atoms with van der Waals surface area (Å²) in [6, 6.07) is 11.9. The molecule has 2 saturated carbocycles. The Labute approximate surface area is 259 Å². The highest BCUT2D eigenvalue weighted by molar-refractivity contribution is 7.09. The summed E-state index contributed by atoms with van der Waals surface area (Å²) < 4.78 is 5.61. The number of benzene rings is 1. The zero-order valence-corrected chi connectivity index (χ0v) is 25.9. The van der Waals surface area contributed by atoms with Crippen LogP contribution >= 0.6 is 11.3 Å². The van der Waals surface area contributed by atoms with Gasteiger partial charge in [0.1, 0.15) is 12.1 Å². The molecule has 2 aliphatic carbocycles. The number of carbonyl (C=O) groups excluding carboxylic acids is 3. The lowest BCUT2D eigenvalue weighted by Crippen LogP contribution is -2.63. The highest BCUT2D eigenvalue weighted by Gasteiger charge is 2.40. The first-order valence-electron chi connectivity index (χ1n) is 16.1. The molecule has 8 nitrogen and oxygen atoms in total. The van der Waals surface area contributed by atoms with Crippen molar-refractivity contribution in [3.05, 3.63) is 52.2 Å². The summed E-state index contributed by atoms with van der Waals surface area (Å²) in [6.07, 6.45) is 12.9. The topological polar surface area (TPSA) is 103 Å². The SMILES string of the molecule is N#Cc1ccccc1OC(=O)N1CCN(C(=O)[C@@H](CC2CCCCC2)NC2CCCCC2)[C@H](C(=O)CCc2cccs2)C1. The van der Waals surface area contributed by atoms with Crippen molar-refractivity contribution in [1.29, 1.82) is 5.26 Å². The number of hydrogen-bond acceptors (Lipinski definition) is 7. The van der Waals surface area contributed by atoms with Crippen LogP contribution in [0.1, 0.15) is 87.5 Å². The monoisotopic (exact) mass is 604 g/mol. The fraction of sp³-hybridized carbons (Fsp3) is 0.588. The van der Waals surface area contributed by atoms with Crippen LogP contribution in [0.15, 0.2) is 41.8 Å². The van der Waals surface area contributed by atoms with Crippen LogP contribution in [-0.4, -0.2) is 65.3 Å². The molecule has 1 saturated heterocycles. The molecular weight excluding hydrogens is 560 g/mol. The summed E-state index contributed by atoms with van der Waals surface area (Å²) >= 11 is 1.62. The average molecular weight is 605 g/mol. The van der Waals surface area contributed by atoms with Gasteiger partial charge in [-0.1, -0.05) is 69.6 Å². The Morgan fingerprint density at radius 1 is 0.977 bits per heavy atom. The number of piperazine rings is 1. The minimum atomic E-state index is -0.734. The van der Waals surface area contributed by atoms with Crippen LogP contribution in [0.25, 0.3) is 0 Å². The number of hydrogen-bond donors (Lipinski definition) is 1. The molecule has 1 aromatic heterocycles. The average Bonchev–Trinajstić information content (AvgIpc) is 3.58. The molecule has 0 bridgehead atoms. The van der Waals surface area contributed by atoms with Gasteiger partial charge in [-0.2, -0.15) is 5.26 Å². The van der Waals surface area contributed by atoms with Crippen molar-refractivity contribution in [3.63, 3.8) is 0 Å². The van der Waals surface area contributed by atoms with Crippen molar-refractivity contribution in [3.8, 4) is 11.8 Å². The van der Waals surface area contributed by atoms with Gasteiger partial charge < -0.3 is 19.9 Å². The van der Waals surface area contributed by atoms with E-state index in [1.54, 1.807) is 40.5 Å². The third-order valence-electron chi connectivity index (χ3n) is 9.33. The van der Waals surface area contributed by atoms with Crippen LogP contribution in [0, 0.1) is 17.2 Å². The maximum atomic E-state index is 14.4. The van der Waals surface area contributed by atoms with E-state index >= 15 is 0 Å². The Hall–Kier alpha value is -3.22. The number of aryl methyl sites for hydroxylation is 1. The number of nitrogens with zero attached hydrogens (tertiary/aromatic N) is 3. The molecule has 9 heteroatoms. The predicted molar refractivity (Wildman–Crippen MR) is 167 cm³/mol. The van der Waals surface area contributed by atoms with E-state index in [2.05, 4.69) is 11.4 Å². The number of rotatable bonds is 10. The number of nitrogens with one attached hydrogen (secondary N) is 1. The minimum absolute atomic E-state index is 0.00605. The third kappa shape index (κ3) is 8.45. The summed E-state index contributed by atoms with van der Waals surface area (Å²) in [7, 11) is 0. The quantitative estimate of drug-likeness (QED) is 0.352.